The summed E-state index contributed by atoms with van der Waals surface area (Å²) in [7, 11) is 0. The molecule has 0 atom stereocenters. The van der Waals surface area contributed by atoms with Crippen molar-refractivity contribution in [2.24, 2.45) is 0 Å². The van der Waals surface area contributed by atoms with Crippen LogP contribution in [0.1, 0.15) is 33.1 Å². The Bertz CT molecular complexity index is 788. The molecule has 0 radical (unpaired) electrons. The molecule has 134 valence electrons. The Hall–Kier alpha value is -2.34. The summed E-state index contributed by atoms with van der Waals surface area (Å²) in [6.45, 7) is 5.65. The molecule has 1 aromatic heterocycles. The third-order valence-electron chi connectivity index (χ3n) is 5.05. The summed E-state index contributed by atoms with van der Waals surface area (Å²) in [6.07, 6.45) is 3.80. The molecule has 1 saturated carbocycles. The average Bonchev–Trinajstić information content (AvgIpc) is 2.96. The summed E-state index contributed by atoms with van der Waals surface area (Å²) in [5, 5.41) is 13.8. The van der Waals surface area contributed by atoms with E-state index in [9.17, 15) is 14.7 Å². The molecule has 2 aromatic rings. The SMILES string of the molecule is CCN(CC)C(=O)Cn1ccc2cc(NC(=O)C3(O)CCC3)ccc21. The normalized spacial score (nSPS) is 15.6. The highest BCUT2D eigenvalue weighted by Gasteiger charge is 2.41. The van der Waals surface area contributed by atoms with Crippen molar-refractivity contribution in [1.82, 2.24) is 9.47 Å². The molecule has 0 unspecified atom stereocenters. The van der Waals surface area contributed by atoms with Gasteiger partial charge in [-0.1, -0.05) is 0 Å². The molecule has 1 aromatic carbocycles. The van der Waals surface area contributed by atoms with Gasteiger partial charge in [-0.15, -0.1) is 0 Å². The zero-order valence-corrected chi connectivity index (χ0v) is 14.8. The topological polar surface area (TPSA) is 74.6 Å². The smallest absolute Gasteiger partial charge is 0.256 e. The first-order valence-electron chi connectivity index (χ1n) is 8.87. The molecule has 2 N–H and O–H groups in total. The number of rotatable bonds is 6. The number of aromatic nitrogens is 1. The molecule has 1 fully saturated rings. The van der Waals surface area contributed by atoms with E-state index in [0.29, 0.717) is 38.2 Å². The summed E-state index contributed by atoms with van der Waals surface area (Å²) in [5.41, 5.74) is 0.392. The largest absolute Gasteiger partial charge is 0.380 e. The molecular weight excluding hydrogens is 318 g/mol. The summed E-state index contributed by atoms with van der Waals surface area (Å²) in [6, 6.07) is 7.50. The van der Waals surface area contributed by atoms with E-state index in [1.54, 1.807) is 11.0 Å². The predicted octanol–water partition coefficient (Wildman–Crippen LogP) is 2.36. The summed E-state index contributed by atoms with van der Waals surface area (Å²) in [4.78, 5) is 26.2. The van der Waals surface area contributed by atoms with Crippen LogP contribution < -0.4 is 5.32 Å². The van der Waals surface area contributed by atoms with E-state index in [1.165, 1.54) is 0 Å². The van der Waals surface area contributed by atoms with Crippen molar-refractivity contribution < 1.29 is 14.7 Å². The number of carbonyl (C=O) groups is 2. The molecule has 2 amide bonds. The van der Waals surface area contributed by atoms with Gasteiger partial charge in [0.15, 0.2) is 0 Å². The van der Waals surface area contributed by atoms with E-state index < -0.39 is 5.60 Å². The van der Waals surface area contributed by atoms with Crippen LogP contribution in [0.15, 0.2) is 30.5 Å². The van der Waals surface area contributed by atoms with E-state index in [0.717, 1.165) is 17.3 Å². The lowest BCUT2D eigenvalue weighted by atomic mass is 9.79. The third-order valence-corrected chi connectivity index (χ3v) is 5.05. The molecule has 6 heteroatoms. The minimum Gasteiger partial charge on any atom is -0.380 e. The van der Waals surface area contributed by atoms with Crippen LogP contribution in [0.4, 0.5) is 5.69 Å². The van der Waals surface area contributed by atoms with E-state index in [2.05, 4.69) is 5.32 Å². The van der Waals surface area contributed by atoms with Gasteiger partial charge in [0.1, 0.15) is 12.1 Å². The Morgan fingerprint density at radius 2 is 1.96 bits per heavy atom. The molecule has 25 heavy (non-hydrogen) atoms. The van der Waals surface area contributed by atoms with Gasteiger partial charge in [-0.05, 0) is 57.4 Å². The molecule has 3 rings (SSSR count). The number of anilines is 1. The molecule has 0 bridgehead atoms. The number of aliphatic hydroxyl groups is 1. The highest BCUT2D eigenvalue weighted by Crippen LogP contribution is 2.33. The number of likely N-dealkylation sites (N-methyl/N-ethyl adjacent to an activating group) is 1. The first-order chi connectivity index (χ1) is 12.0. The third kappa shape index (κ3) is 3.39. The molecular formula is C19H25N3O3. The summed E-state index contributed by atoms with van der Waals surface area (Å²) in [5.74, 6) is -0.249. The van der Waals surface area contributed by atoms with Gasteiger partial charge in [-0.2, -0.15) is 0 Å². The van der Waals surface area contributed by atoms with Crippen LogP contribution in [0.25, 0.3) is 10.9 Å². The number of hydrogen-bond donors (Lipinski definition) is 2. The lowest BCUT2D eigenvalue weighted by molar-refractivity contribution is -0.142. The second kappa shape index (κ2) is 6.88. The van der Waals surface area contributed by atoms with Crippen molar-refractivity contribution >= 4 is 28.4 Å². The van der Waals surface area contributed by atoms with E-state index in [-0.39, 0.29) is 11.8 Å². The van der Waals surface area contributed by atoms with Gasteiger partial charge in [-0.3, -0.25) is 9.59 Å². The van der Waals surface area contributed by atoms with Crippen LogP contribution in [0.2, 0.25) is 0 Å². The minimum absolute atomic E-state index is 0.0899. The average molecular weight is 343 g/mol. The molecule has 6 nitrogen and oxygen atoms in total. The van der Waals surface area contributed by atoms with Gasteiger partial charge < -0.3 is 19.9 Å². The van der Waals surface area contributed by atoms with Crippen molar-refractivity contribution in [1.29, 1.82) is 0 Å². The van der Waals surface area contributed by atoms with Crippen LogP contribution in [-0.2, 0) is 16.1 Å². The standard InChI is InChI=1S/C19H25N3O3/c1-3-21(4-2)17(23)13-22-11-8-14-12-15(6-7-16(14)22)20-18(24)19(25)9-5-10-19/h6-8,11-12,25H,3-5,9-10,13H2,1-2H3,(H,20,24). The fourth-order valence-corrected chi connectivity index (χ4v) is 3.22. The first-order valence-corrected chi connectivity index (χ1v) is 8.87. The maximum Gasteiger partial charge on any atom is 0.256 e. The number of nitrogens with zero attached hydrogens (tertiary/aromatic N) is 2. The van der Waals surface area contributed by atoms with Crippen LogP contribution in [0, 0.1) is 0 Å². The van der Waals surface area contributed by atoms with Gasteiger partial charge in [0, 0.05) is 35.9 Å². The van der Waals surface area contributed by atoms with Crippen LogP contribution in [-0.4, -0.2) is 45.1 Å². The Morgan fingerprint density at radius 1 is 1.24 bits per heavy atom. The number of fused-ring (bicyclic) bond motifs is 1. The lowest BCUT2D eigenvalue weighted by Gasteiger charge is -2.34. The number of nitrogens with one attached hydrogen (secondary N) is 1. The Labute approximate surface area is 147 Å². The van der Waals surface area contributed by atoms with Crippen molar-refractivity contribution in [2.45, 2.75) is 45.3 Å². The molecule has 1 aliphatic carbocycles. The van der Waals surface area contributed by atoms with E-state index >= 15 is 0 Å². The zero-order valence-electron chi connectivity index (χ0n) is 14.8. The second-order valence-corrected chi connectivity index (χ2v) is 6.62. The molecule has 1 aliphatic rings. The van der Waals surface area contributed by atoms with Crippen LogP contribution >= 0.6 is 0 Å². The number of amides is 2. The summed E-state index contributed by atoms with van der Waals surface area (Å²) < 4.78 is 1.92. The van der Waals surface area contributed by atoms with Gasteiger partial charge >= 0.3 is 0 Å². The Kier molecular flexibility index (Phi) is 4.81. The molecule has 1 heterocycles. The number of hydrogen-bond acceptors (Lipinski definition) is 3. The maximum atomic E-state index is 12.3. The predicted molar refractivity (Wildman–Crippen MR) is 97.3 cm³/mol. The lowest BCUT2D eigenvalue weighted by Crippen LogP contribution is -2.48. The Balaban J connectivity index is 1.74. The van der Waals surface area contributed by atoms with Gasteiger partial charge in [0.2, 0.25) is 5.91 Å². The monoisotopic (exact) mass is 343 g/mol. The minimum atomic E-state index is -1.21. The van der Waals surface area contributed by atoms with Crippen LogP contribution in [0.5, 0.6) is 0 Å². The highest BCUT2D eigenvalue weighted by atomic mass is 16.3. The fourth-order valence-electron chi connectivity index (χ4n) is 3.22. The quantitative estimate of drug-likeness (QED) is 0.845. The van der Waals surface area contributed by atoms with Gasteiger partial charge in [0.25, 0.3) is 5.91 Å². The number of carbonyl (C=O) groups excluding carboxylic acids is 2. The second-order valence-electron chi connectivity index (χ2n) is 6.62. The molecule has 0 aliphatic heterocycles. The van der Waals surface area contributed by atoms with Crippen molar-refractivity contribution in [3.8, 4) is 0 Å². The number of benzene rings is 1. The van der Waals surface area contributed by atoms with Crippen molar-refractivity contribution in [2.75, 3.05) is 18.4 Å². The first kappa shape index (κ1) is 17.5. The van der Waals surface area contributed by atoms with Crippen molar-refractivity contribution in [3.63, 3.8) is 0 Å². The highest BCUT2D eigenvalue weighted by molar-refractivity contribution is 5.99. The van der Waals surface area contributed by atoms with Gasteiger partial charge in [0.05, 0.1) is 0 Å². The van der Waals surface area contributed by atoms with Gasteiger partial charge in [-0.25, -0.2) is 0 Å². The van der Waals surface area contributed by atoms with Crippen molar-refractivity contribution in [3.05, 3.63) is 30.5 Å². The zero-order chi connectivity index (χ0) is 18.0. The van der Waals surface area contributed by atoms with E-state index in [1.807, 2.05) is 42.8 Å². The summed E-state index contributed by atoms with van der Waals surface area (Å²) >= 11 is 0. The maximum absolute atomic E-state index is 12.3. The van der Waals surface area contributed by atoms with Crippen LogP contribution in [0.3, 0.4) is 0 Å². The molecule has 0 saturated heterocycles. The fraction of sp³-hybridized carbons (Fsp3) is 0.474. The molecule has 0 spiro atoms. The van der Waals surface area contributed by atoms with E-state index in [4.69, 9.17) is 0 Å². The Morgan fingerprint density at radius 3 is 2.56 bits per heavy atom.